The summed E-state index contributed by atoms with van der Waals surface area (Å²) >= 11 is 1.54. The smallest absolute Gasteiger partial charge is 0.335 e. The molecule has 0 saturated carbocycles. The number of amides is 1. The van der Waals surface area contributed by atoms with E-state index in [4.69, 9.17) is 4.74 Å². The Balaban J connectivity index is 2.45. The summed E-state index contributed by atoms with van der Waals surface area (Å²) in [5, 5.41) is 10.0. The molecule has 102 valence electrons. The molecule has 18 heavy (non-hydrogen) atoms. The lowest BCUT2D eigenvalue weighted by Crippen LogP contribution is -2.59. The van der Waals surface area contributed by atoms with Crippen LogP contribution < -0.4 is 0 Å². The van der Waals surface area contributed by atoms with Gasteiger partial charge in [-0.15, -0.1) is 11.8 Å². The van der Waals surface area contributed by atoms with Gasteiger partial charge in [0.05, 0.1) is 25.0 Å². The summed E-state index contributed by atoms with van der Waals surface area (Å²) in [6.07, 6.45) is -0.973. The fourth-order valence-corrected chi connectivity index (χ4v) is 4.53. The summed E-state index contributed by atoms with van der Waals surface area (Å²) < 4.78 is 4.81. The van der Waals surface area contributed by atoms with E-state index in [0.717, 1.165) is 0 Å². The van der Waals surface area contributed by atoms with E-state index in [-0.39, 0.29) is 23.1 Å². The molecular weight excluding hydrogens is 254 g/mol. The number of carbonyl (C=O) groups excluding carboxylic acids is 2. The molecule has 1 N–H and O–H groups in total. The van der Waals surface area contributed by atoms with Crippen molar-refractivity contribution < 1.29 is 19.4 Å². The van der Waals surface area contributed by atoms with Crippen molar-refractivity contribution in [2.24, 2.45) is 5.41 Å². The van der Waals surface area contributed by atoms with Crippen LogP contribution in [0.4, 0.5) is 0 Å². The molecule has 2 heterocycles. The number of esters is 1. The quantitative estimate of drug-likeness (QED) is 0.709. The maximum atomic E-state index is 12.1. The van der Waals surface area contributed by atoms with Crippen LogP contribution in [0.5, 0.6) is 0 Å². The van der Waals surface area contributed by atoms with Crippen molar-refractivity contribution in [1.29, 1.82) is 0 Å². The highest BCUT2D eigenvalue weighted by Crippen LogP contribution is 2.50. The molecule has 2 aliphatic rings. The van der Waals surface area contributed by atoms with Gasteiger partial charge in [0.25, 0.3) is 0 Å². The van der Waals surface area contributed by atoms with Gasteiger partial charge >= 0.3 is 5.97 Å². The molecule has 2 aliphatic heterocycles. The molecule has 0 aromatic heterocycles. The molecule has 0 aromatic rings. The highest BCUT2D eigenvalue weighted by molar-refractivity contribution is 8.00. The van der Waals surface area contributed by atoms with Gasteiger partial charge in [-0.05, 0) is 5.41 Å². The van der Waals surface area contributed by atoms with Gasteiger partial charge in [0.1, 0.15) is 0 Å². The summed E-state index contributed by atoms with van der Waals surface area (Å²) in [4.78, 5) is 25.7. The molecular formula is C12H19NO4S. The third-order valence-electron chi connectivity index (χ3n) is 3.59. The van der Waals surface area contributed by atoms with Crippen molar-refractivity contribution in [2.75, 3.05) is 12.9 Å². The zero-order valence-electron chi connectivity index (χ0n) is 11.1. The van der Waals surface area contributed by atoms with Crippen LogP contribution in [0.1, 0.15) is 27.2 Å². The maximum Gasteiger partial charge on any atom is 0.335 e. The summed E-state index contributed by atoms with van der Waals surface area (Å²) in [5.41, 5.74) is -1.34. The van der Waals surface area contributed by atoms with E-state index in [9.17, 15) is 14.7 Å². The fourth-order valence-electron chi connectivity index (χ4n) is 2.71. The van der Waals surface area contributed by atoms with E-state index < -0.39 is 17.6 Å². The van der Waals surface area contributed by atoms with Crippen LogP contribution in [0, 0.1) is 5.41 Å². The van der Waals surface area contributed by atoms with E-state index in [2.05, 4.69) is 0 Å². The normalized spacial score (nSPS) is 35.8. The zero-order valence-corrected chi connectivity index (χ0v) is 11.9. The molecule has 2 rings (SSSR count). The van der Waals surface area contributed by atoms with Crippen LogP contribution in [0.25, 0.3) is 0 Å². The van der Waals surface area contributed by atoms with Crippen LogP contribution in [-0.2, 0) is 14.3 Å². The topological polar surface area (TPSA) is 66.8 Å². The van der Waals surface area contributed by atoms with Crippen molar-refractivity contribution in [3.63, 3.8) is 0 Å². The molecule has 5 nitrogen and oxygen atoms in total. The molecule has 0 unspecified atom stereocenters. The first kappa shape index (κ1) is 13.7. The minimum Gasteiger partial charge on any atom is -0.467 e. The number of thioether (sulfide) groups is 1. The number of aliphatic hydroxyl groups excluding tert-OH is 1. The molecule has 2 fully saturated rings. The Hall–Kier alpha value is -0.750. The van der Waals surface area contributed by atoms with Gasteiger partial charge < -0.3 is 14.7 Å². The summed E-state index contributed by atoms with van der Waals surface area (Å²) in [5.74, 6) is -0.285. The first-order valence-corrected chi connectivity index (χ1v) is 7.00. The molecule has 0 bridgehead atoms. The second-order valence-electron chi connectivity index (χ2n) is 5.93. The minimum atomic E-state index is -1.19. The number of rotatable bonds is 1. The van der Waals surface area contributed by atoms with Gasteiger partial charge in [-0.2, -0.15) is 0 Å². The Morgan fingerprint density at radius 3 is 2.67 bits per heavy atom. The SMILES string of the molecule is COC(=O)[C@]12CS[C@H](C(C)(C)C)N1C(=O)C[C@@H]2O. The number of hydrogen-bond donors (Lipinski definition) is 1. The molecule has 6 heteroatoms. The van der Waals surface area contributed by atoms with Gasteiger partial charge in [-0.25, -0.2) is 4.79 Å². The van der Waals surface area contributed by atoms with Crippen molar-refractivity contribution in [3.8, 4) is 0 Å². The van der Waals surface area contributed by atoms with E-state index in [1.54, 1.807) is 4.90 Å². The molecule has 1 amide bonds. The maximum absolute atomic E-state index is 12.1. The van der Waals surface area contributed by atoms with Gasteiger partial charge in [-0.1, -0.05) is 20.8 Å². The van der Waals surface area contributed by atoms with E-state index in [1.165, 1.54) is 18.9 Å². The first-order valence-electron chi connectivity index (χ1n) is 5.95. The summed E-state index contributed by atoms with van der Waals surface area (Å²) in [7, 11) is 1.29. The van der Waals surface area contributed by atoms with Gasteiger partial charge in [0, 0.05) is 5.75 Å². The molecule has 2 saturated heterocycles. The number of ether oxygens (including phenoxy) is 1. The van der Waals surface area contributed by atoms with Crippen LogP contribution >= 0.6 is 11.8 Å². The lowest BCUT2D eigenvalue weighted by Gasteiger charge is -2.38. The predicted octanol–water partition coefficient (Wildman–Crippen LogP) is 0.610. The van der Waals surface area contributed by atoms with Crippen molar-refractivity contribution in [1.82, 2.24) is 4.90 Å². The van der Waals surface area contributed by atoms with Crippen LogP contribution in [0.15, 0.2) is 0 Å². The highest BCUT2D eigenvalue weighted by atomic mass is 32.2. The van der Waals surface area contributed by atoms with E-state index in [0.29, 0.717) is 5.75 Å². The third kappa shape index (κ3) is 1.66. The Morgan fingerprint density at radius 1 is 1.56 bits per heavy atom. The lowest BCUT2D eigenvalue weighted by molar-refractivity contribution is -0.160. The Morgan fingerprint density at radius 2 is 2.17 bits per heavy atom. The minimum absolute atomic E-state index is 0.00222. The van der Waals surface area contributed by atoms with E-state index in [1.807, 2.05) is 20.8 Å². The number of carbonyl (C=O) groups is 2. The molecule has 0 radical (unpaired) electrons. The van der Waals surface area contributed by atoms with Crippen LogP contribution in [-0.4, -0.2) is 51.8 Å². The Kier molecular flexibility index (Phi) is 3.14. The average Bonchev–Trinajstić information content (AvgIpc) is 2.77. The molecule has 0 spiro atoms. The number of aliphatic hydroxyl groups is 1. The molecule has 0 aromatic carbocycles. The average molecular weight is 273 g/mol. The van der Waals surface area contributed by atoms with Gasteiger partial charge in [0.15, 0.2) is 5.54 Å². The van der Waals surface area contributed by atoms with Crippen molar-refractivity contribution in [3.05, 3.63) is 0 Å². The second-order valence-corrected chi connectivity index (χ2v) is 7.00. The standard InChI is InChI=1S/C12H19NO4S/c1-11(2,3)9-13-8(15)5-7(14)12(13,6-18-9)10(16)17-4/h7,9,14H,5-6H2,1-4H3/t7-,9+,12+/m0/s1. The third-order valence-corrected chi connectivity index (χ3v) is 5.43. The van der Waals surface area contributed by atoms with Gasteiger partial charge in [-0.3, -0.25) is 4.79 Å². The fraction of sp³-hybridized carbons (Fsp3) is 0.833. The Bertz CT molecular complexity index is 392. The van der Waals surface area contributed by atoms with Crippen molar-refractivity contribution in [2.45, 2.75) is 44.2 Å². The van der Waals surface area contributed by atoms with Gasteiger partial charge in [0.2, 0.25) is 5.91 Å². The molecule has 0 aliphatic carbocycles. The largest absolute Gasteiger partial charge is 0.467 e. The second kappa shape index (κ2) is 4.13. The summed E-state index contributed by atoms with van der Waals surface area (Å²) in [6, 6.07) is 0. The number of nitrogens with zero attached hydrogens (tertiary/aromatic N) is 1. The summed E-state index contributed by atoms with van der Waals surface area (Å²) in [6.45, 7) is 6.07. The first-order chi connectivity index (χ1) is 8.25. The van der Waals surface area contributed by atoms with Crippen molar-refractivity contribution >= 4 is 23.6 Å². The van der Waals surface area contributed by atoms with Crippen LogP contribution in [0.2, 0.25) is 0 Å². The Labute approximate surface area is 111 Å². The number of hydrogen-bond acceptors (Lipinski definition) is 5. The van der Waals surface area contributed by atoms with Crippen LogP contribution in [0.3, 0.4) is 0 Å². The highest BCUT2D eigenvalue weighted by Gasteiger charge is 2.65. The monoisotopic (exact) mass is 273 g/mol. The lowest BCUT2D eigenvalue weighted by atomic mass is 9.91. The predicted molar refractivity (Wildman–Crippen MR) is 67.9 cm³/mol. The number of methoxy groups -OCH3 is 1. The van der Waals surface area contributed by atoms with E-state index >= 15 is 0 Å². The zero-order chi connectivity index (χ0) is 13.7. The number of fused-ring (bicyclic) bond motifs is 1. The molecule has 3 atom stereocenters.